The number of carbonyl (C=O) groups excluding carboxylic acids is 1. The van der Waals surface area contributed by atoms with Crippen LogP contribution >= 0.6 is 23.1 Å². The highest BCUT2D eigenvalue weighted by Crippen LogP contribution is 2.35. The van der Waals surface area contributed by atoms with Gasteiger partial charge in [0, 0.05) is 5.56 Å². The number of benzene rings is 1. The molecule has 12 nitrogen and oxygen atoms in total. The maximum atomic E-state index is 12.8. The summed E-state index contributed by atoms with van der Waals surface area (Å²) in [6, 6.07) is 8.21. The van der Waals surface area contributed by atoms with Crippen LogP contribution in [0, 0.1) is 13.1 Å². The maximum absolute atomic E-state index is 12.8. The van der Waals surface area contributed by atoms with E-state index in [0.717, 1.165) is 21.7 Å². The Morgan fingerprint density at radius 2 is 2.00 bits per heavy atom. The molecule has 0 fully saturated rings. The summed E-state index contributed by atoms with van der Waals surface area (Å²) in [5, 5.41) is 18.9. The second kappa shape index (κ2) is 10.4. The summed E-state index contributed by atoms with van der Waals surface area (Å²) in [7, 11) is -4.44. The molecule has 2 N–H and O–H groups in total. The third-order valence-electron chi connectivity index (χ3n) is 4.01. The molecule has 1 aromatic carbocycles. The molecule has 0 radical (unpaired) electrons. The number of sulfonamides is 1. The predicted octanol–water partition coefficient (Wildman–Crippen LogP) is 3.90. The molecular formula is C18H15N9O3S3. The Balaban J connectivity index is 2.07. The highest BCUT2D eigenvalue weighted by atomic mass is 32.2. The zero-order valence-electron chi connectivity index (χ0n) is 17.0. The number of imidazole rings is 1. The molecule has 1 atom stereocenters. The van der Waals surface area contributed by atoms with Crippen LogP contribution in [-0.4, -0.2) is 39.7 Å². The molecule has 0 saturated heterocycles. The second-order valence-corrected chi connectivity index (χ2v) is 10.2. The van der Waals surface area contributed by atoms with Gasteiger partial charge in [0.2, 0.25) is 15.8 Å². The minimum atomic E-state index is -4.44. The normalized spacial score (nSPS) is 12.4. The van der Waals surface area contributed by atoms with Crippen LogP contribution in [-0.2, 0) is 16.6 Å². The van der Waals surface area contributed by atoms with E-state index >= 15 is 0 Å². The van der Waals surface area contributed by atoms with Crippen LogP contribution in [0.25, 0.3) is 9.69 Å². The smallest absolute Gasteiger partial charge is 0.314 e. The summed E-state index contributed by atoms with van der Waals surface area (Å²) < 4.78 is 26.4. The van der Waals surface area contributed by atoms with Crippen molar-refractivity contribution in [2.45, 2.75) is 23.2 Å². The van der Waals surface area contributed by atoms with Crippen molar-refractivity contribution in [2.24, 2.45) is 15.4 Å². The molecule has 0 amide bonds. The fraction of sp³-hybridized carbons (Fsp3) is 0.222. The van der Waals surface area contributed by atoms with Gasteiger partial charge in [0.25, 0.3) is 22.1 Å². The first kappa shape index (κ1) is 24.1. The molecule has 0 spiro atoms. The Labute approximate surface area is 197 Å². The molecule has 3 rings (SSSR count). The van der Waals surface area contributed by atoms with Crippen LogP contribution in [0.4, 0.5) is 16.8 Å². The molecule has 3 aromatic rings. The van der Waals surface area contributed by atoms with E-state index in [0.29, 0.717) is 9.90 Å². The van der Waals surface area contributed by atoms with Crippen molar-refractivity contribution in [2.75, 3.05) is 5.75 Å². The van der Waals surface area contributed by atoms with E-state index < -0.39 is 27.7 Å². The van der Waals surface area contributed by atoms with Gasteiger partial charge in [-0.25, -0.2) is 13.6 Å². The number of aromatic nitrogens is 4. The maximum Gasteiger partial charge on any atom is 0.314 e. The highest BCUT2D eigenvalue weighted by molar-refractivity contribution is 8.01. The number of thioether (sulfide) groups is 1. The first-order valence-electron chi connectivity index (χ1n) is 9.10. The molecule has 168 valence electrons. The number of ketones is 1. The third kappa shape index (κ3) is 5.65. The van der Waals surface area contributed by atoms with Crippen molar-refractivity contribution < 1.29 is 13.2 Å². The summed E-state index contributed by atoms with van der Waals surface area (Å²) in [6.45, 7) is 16.2. The molecule has 1 unspecified atom stereocenters. The second-order valence-electron chi connectivity index (χ2n) is 6.16. The highest BCUT2D eigenvalue weighted by Gasteiger charge is 2.38. The average Bonchev–Trinajstić information content (AvgIpc) is 3.38. The molecule has 0 saturated carbocycles. The monoisotopic (exact) mass is 501 g/mol. The summed E-state index contributed by atoms with van der Waals surface area (Å²) in [6.07, 6.45) is 0. The molecule has 2 aromatic heterocycles. The molecule has 0 aliphatic rings. The lowest BCUT2D eigenvalue weighted by Crippen LogP contribution is -2.24. The zero-order chi connectivity index (χ0) is 24.0. The van der Waals surface area contributed by atoms with Gasteiger partial charge in [-0.15, -0.1) is 15.3 Å². The fourth-order valence-electron chi connectivity index (χ4n) is 2.63. The molecule has 0 aliphatic heterocycles. The Bertz CT molecular complexity index is 1380. The number of hydrogen-bond acceptors (Lipinski definition) is 10. The summed E-state index contributed by atoms with van der Waals surface area (Å²) >= 11 is 2.53. The Morgan fingerprint density at radius 1 is 1.27 bits per heavy atom. The summed E-state index contributed by atoms with van der Waals surface area (Å²) in [5.74, 6) is -0.702. The number of primary sulfonamides is 1. The standard InChI is InChI=1S/C18H15N9O3S3/c1-4-31-18-26-25-17(32-18)24-23-16(33(19,29)30)15-22-13(20-2)14(21-3)27(15)10-12(28)11-8-6-5-7-9-11/h5-9,16H,4,10H2,1H3,(H2,19,29,30). The molecular weight excluding hydrogens is 486 g/mol. The molecule has 0 aliphatic carbocycles. The number of nitrogens with two attached hydrogens (primary N) is 1. The first-order chi connectivity index (χ1) is 15.8. The number of carbonyl (C=O) groups is 1. The number of nitrogens with zero attached hydrogens (tertiary/aromatic N) is 8. The first-order valence-corrected chi connectivity index (χ1v) is 12.5. The van der Waals surface area contributed by atoms with Crippen molar-refractivity contribution in [1.82, 2.24) is 19.7 Å². The van der Waals surface area contributed by atoms with Crippen molar-refractivity contribution in [3.05, 3.63) is 64.6 Å². The Hall–Kier alpha value is -3.50. The summed E-state index contributed by atoms with van der Waals surface area (Å²) in [5.41, 5.74) is 0.334. The SMILES string of the molecule is [C-]#[N+]c1nc(C(N=Nc2nnc(SCC)s2)S(N)(=O)=O)n(CC(=O)c2ccccc2)c1[N+]#[C-]. The van der Waals surface area contributed by atoms with Crippen molar-refractivity contribution >= 4 is 55.7 Å². The third-order valence-corrected chi connectivity index (χ3v) is 6.76. The van der Waals surface area contributed by atoms with Crippen molar-refractivity contribution in [3.8, 4) is 0 Å². The van der Waals surface area contributed by atoms with Crippen LogP contribution in [0.2, 0.25) is 0 Å². The van der Waals surface area contributed by atoms with E-state index in [2.05, 4.69) is 35.1 Å². The average molecular weight is 502 g/mol. The van der Waals surface area contributed by atoms with Gasteiger partial charge in [0.05, 0.1) is 0 Å². The van der Waals surface area contributed by atoms with Gasteiger partial charge in [-0.3, -0.25) is 9.36 Å². The van der Waals surface area contributed by atoms with Gasteiger partial charge in [0.15, 0.2) is 4.34 Å². The predicted molar refractivity (Wildman–Crippen MR) is 122 cm³/mol. The largest absolute Gasteiger partial charge is 0.373 e. The quantitative estimate of drug-likeness (QED) is 0.202. The lowest BCUT2D eigenvalue weighted by molar-refractivity contribution is 0.0971. The van der Waals surface area contributed by atoms with E-state index in [9.17, 15) is 13.2 Å². The van der Waals surface area contributed by atoms with E-state index in [4.69, 9.17) is 18.3 Å². The zero-order valence-corrected chi connectivity index (χ0v) is 19.4. The fourth-order valence-corrected chi connectivity index (χ4v) is 4.85. The molecule has 2 heterocycles. The van der Waals surface area contributed by atoms with E-state index in [1.54, 1.807) is 30.3 Å². The van der Waals surface area contributed by atoms with Crippen LogP contribution in [0.5, 0.6) is 0 Å². The number of hydrogen-bond donors (Lipinski definition) is 1. The molecule has 33 heavy (non-hydrogen) atoms. The van der Waals surface area contributed by atoms with E-state index in [1.165, 1.54) is 11.8 Å². The van der Waals surface area contributed by atoms with Gasteiger partial charge >= 0.3 is 5.82 Å². The summed E-state index contributed by atoms with van der Waals surface area (Å²) in [4.78, 5) is 23.2. The van der Waals surface area contributed by atoms with Crippen molar-refractivity contribution in [3.63, 3.8) is 0 Å². The minimum absolute atomic E-state index is 0.0915. The van der Waals surface area contributed by atoms with Gasteiger partial charge < -0.3 is 9.69 Å². The van der Waals surface area contributed by atoms with Crippen LogP contribution < -0.4 is 5.14 Å². The Kier molecular flexibility index (Phi) is 7.62. The van der Waals surface area contributed by atoms with Crippen LogP contribution in [0.1, 0.15) is 28.5 Å². The van der Waals surface area contributed by atoms with Gasteiger partial charge in [-0.05, 0) is 5.75 Å². The number of Topliss-reactive ketones (excluding diaryl/α,β-unsaturated/α-hetero) is 1. The lowest BCUT2D eigenvalue weighted by Gasteiger charge is -2.08. The van der Waals surface area contributed by atoms with Crippen molar-refractivity contribution in [1.29, 1.82) is 0 Å². The van der Waals surface area contributed by atoms with Crippen LogP contribution in [0.15, 0.2) is 44.9 Å². The van der Waals surface area contributed by atoms with Gasteiger partial charge in [-0.1, -0.05) is 78.5 Å². The van der Waals surface area contributed by atoms with Gasteiger partial charge in [-0.2, -0.15) is 5.11 Å². The lowest BCUT2D eigenvalue weighted by atomic mass is 10.1. The molecule has 15 heteroatoms. The van der Waals surface area contributed by atoms with E-state index in [-0.39, 0.29) is 22.6 Å². The van der Waals surface area contributed by atoms with Gasteiger partial charge in [0.1, 0.15) is 6.54 Å². The topological polar surface area (TPSA) is 154 Å². The van der Waals surface area contributed by atoms with E-state index in [1.807, 2.05) is 6.92 Å². The van der Waals surface area contributed by atoms with Crippen LogP contribution in [0.3, 0.4) is 0 Å². The minimum Gasteiger partial charge on any atom is -0.373 e. The number of rotatable bonds is 9. The molecule has 0 bridgehead atoms. The number of azo groups is 1. The Morgan fingerprint density at radius 3 is 2.61 bits per heavy atom.